The van der Waals surface area contributed by atoms with Crippen molar-refractivity contribution in [1.29, 1.82) is 0 Å². The van der Waals surface area contributed by atoms with Crippen molar-refractivity contribution in [2.75, 3.05) is 17.2 Å². The molecule has 0 saturated heterocycles. The summed E-state index contributed by atoms with van der Waals surface area (Å²) in [6.45, 7) is -0.328. The van der Waals surface area contributed by atoms with Crippen LogP contribution in [0, 0.1) is 5.82 Å². The Morgan fingerprint density at radius 1 is 1.00 bits per heavy atom. The van der Waals surface area contributed by atoms with Gasteiger partial charge in [-0.05, 0) is 47.5 Å². The highest BCUT2D eigenvalue weighted by Gasteiger charge is 2.17. The molecule has 2 amide bonds. The fourth-order valence-corrected chi connectivity index (χ4v) is 2.84. The van der Waals surface area contributed by atoms with E-state index in [2.05, 4.69) is 10.6 Å². The first-order valence-electron chi connectivity index (χ1n) is 9.32. The van der Waals surface area contributed by atoms with Crippen LogP contribution in [0.2, 0.25) is 0 Å². The van der Waals surface area contributed by atoms with Gasteiger partial charge >= 0.3 is 11.8 Å². The quantitative estimate of drug-likeness (QED) is 0.448. The number of nitrogens with one attached hydrogen (secondary N) is 2. The molecule has 0 aliphatic heterocycles. The van der Waals surface area contributed by atoms with Crippen LogP contribution in [-0.4, -0.2) is 33.2 Å². The normalized spacial score (nSPS) is 11.6. The number of halogens is 1. The third kappa shape index (κ3) is 5.62. The number of anilines is 2. The Hall–Kier alpha value is -3.82. The average Bonchev–Trinajstić information content (AvgIpc) is 2.77. The van der Waals surface area contributed by atoms with Crippen molar-refractivity contribution in [3.63, 3.8) is 0 Å². The second kappa shape index (κ2) is 9.79. The van der Waals surface area contributed by atoms with E-state index in [4.69, 9.17) is 5.11 Å². The maximum Gasteiger partial charge on any atom is 0.314 e. The summed E-state index contributed by atoms with van der Waals surface area (Å²) in [7, 11) is 0. The Morgan fingerprint density at radius 2 is 1.71 bits per heavy atom. The summed E-state index contributed by atoms with van der Waals surface area (Å²) in [6, 6.07) is 14.6. The van der Waals surface area contributed by atoms with E-state index in [9.17, 15) is 23.9 Å². The first-order chi connectivity index (χ1) is 14.9. The molecule has 1 atom stereocenters. The van der Waals surface area contributed by atoms with Gasteiger partial charge in [0.1, 0.15) is 17.6 Å². The zero-order valence-corrected chi connectivity index (χ0v) is 16.3. The number of rotatable bonds is 6. The van der Waals surface area contributed by atoms with E-state index in [0.29, 0.717) is 11.1 Å². The standard InChI is InChI=1S/C22H20FN3O5/c23-16-8-6-14(7-9-16)12-26-10-2-5-18(22(26)31)25-21(30)20(29)24-17-4-1-3-15(11-17)19(28)13-27/h1-11,19,27-28H,12-13H2,(H,24,29)(H,25,30). The number of pyridine rings is 1. The Morgan fingerprint density at radius 3 is 2.42 bits per heavy atom. The minimum Gasteiger partial charge on any atom is -0.393 e. The molecular weight excluding hydrogens is 405 g/mol. The van der Waals surface area contributed by atoms with Gasteiger partial charge < -0.3 is 25.4 Å². The number of carbonyl (C=O) groups excluding carboxylic acids is 2. The zero-order chi connectivity index (χ0) is 22.4. The maximum absolute atomic E-state index is 13.0. The maximum atomic E-state index is 13.0. The number of aromatic nitrogens is 1. The molecule has 1 unspecified atom stereocenters. The summed E-state index contributed by atoms with van der Waals surface area (Å²) in [5, 5.41) is 23.3. The molecule has 0 saturated carbocycles. The van der Waals surface area contributed by atoms with Gasteiger partial charge in [-0.25, -0.2) is 4.39 Å². The molecule has 4 N–H and O–H groups in total. The van der Waals surface area contributed by atoms with Gasteiger partial charge in [0.05, 0.1) is 13.2 Å². The number of hydrogen-bond donors (Lipinski definition) is 4. The van der Waals surface area contributed by atoms with Gasteiger partial charge in [-0.3, -0.25) is 14.4 Å². The Balaban J connectivity index is 1.69. The predicted octanol–water partition coefficient (Wildman–Crippen LogP) is 1.64. The predicted molar refractivity (Wildman–Crippen MR) is 112 cm³/mol. The second-order valence-electron chi connectivity index (χ2n) is 6.71. The highest BCUT2D eigenvalue weighted by Crippen LogP contribution is 2.17. The van der Waals surface area contributed by atoms with Crippen molar-refractivity contribution in [3.8, 4) is 0 Å². The molecule has 1 heterocycles. The third-order valence-corrected chi connectivity index (χ3v) is 4.44. The smallest absolute Gasteiger partial charge is 0.314 e. The molecular formula is C22H20FN3O5. The van der Waals surface area contributed by atoms with Gasteiger partial charge in [-0.1, -0.05) is 24.3 Å². The number of aliphatic hydroxyl groups excluding tert-OH is 2. The van der Waals surface area contributed by atoms with Crippen LogP contribution < -0.4 is 16.2 Å². The molecule has 0 fully saturated rings. The summed E-state index contributed by atoms with van der Waals surface area (Å²) in [5.41, 5.74) is 0.685. The molecule has 2 aromatic carbocycles. The molecule has 0 aliphatic carbocycles. The van der Waals surface area contributed by atoms with Gasteiger partial charge in [0.2, 0.25) is 0 Å². The number of amides is 2. The lowest BCUT2D eigenvalue weighted by Crippen LogP contribution is -2.32. The van der Waals surface area contributed by atoms with E-state index in [0.717, 1.165) is 0 Å². The van der Waals surface area contributed by atoms with Crippen molar-refractivity contribution < 1.29 is 24.2 Å². The molecule has 31 heavy (non-hydrogen) atoms. The first kappa shape index (κ1) is 21.9. The van der Waals surface area contributed by atoms with Gasteiger partial charge in [-0.15, -0.1) is 0 Å². The van der Waals surface area contributed by atoms with E-state index in [1.165, 1.54) is 47.2 Å². The second-order valence-corrected chi connectivity index (χ2v) is 6.71. The van der Waals surface area contributed by atoms with Gasteiger partial charge in [0, 0.05) is 11.9 Å². The highest BCUT2D eigenvalue weighted by molar-refractivity contribution is 6.43. The summed E-state index contributed by atoms with van der Waals surface area (Å²) >= 11 is 0. The van der Waals surface area contributed by atoms with Crippen LogP contribution in [-0.2, 0) is 16.1 Å². The first-order valence-corrected chi connectivity index (χ1v) is 9.32. The van der Waals surface area contributed by atoms with Crippen LogP contribution in [0.15, 0.2) is 71.7 Å². The zero-order valence-electron chi connectivity index (χ0n) is 16.3. The molecule has 9 heteroatoms. The molecule has 8 nitrogen and oxygen atoms in total. The molecule has 0 aliphatic rings. The van der Waals surface area contributed by atoms with Crippen LogP contribution in [0.25, 0.3) is 0 Å². The number of hydrogen-bond acceptors (Lipinski definition) is 5. The molecule has 3 rings (SSSR count). The number of benzene rings is 2. The van der Waals surface area contributed by atoms with Crippen LogP contribution in [0.3, 0.4) is 0 Å². The van der Waals surface area contributed by atoms with Crippen molar-refractivity contribution >= 4 is 23.2 Å². The lowest BCUT2D eigenvalue weighted by Gasteiger charge is -2.11. The molecule has 3 aromatic rings. The number of nitrogens with zero attached hydrogens (tertiary/aromatic N) is 1. The molecule has 0 radical (unpaired) electrons. The van der Waals surface area contributed by atoms with Gasteiger partial charge in [0.25, 0.3) is 5.56 Å². The van der Waals surface area contributed by atoms with Crippen LogP contribution in [0.1, 0.15) is 17.2 Å². The summed E-state index contributed by atoms with van der Waals surface area (Å²) in [6.07, 6.45) is 0.397. The van der Waals surface area contributed by atoms with Crippen LogP contribution in [0.4, 0.5) is 15.8 Å². The van der Waals surface area contributed by atoms with E-state index < -0.39 is 30.1 Å². The van der Waals surface area contributed by atoms with E-state index >= 15 is 0 Å². The molecule has 0 spiro atoms. The SMILES string of the molecule is O=C(Nc1cccc(C(O)CO)c1)C(=O)Nc1cccn(Cc2ccc(F)cc2)c1=O. The number of carbonyl (C=O) groups is 2. The average molecular weight is 425 g/mol. The Bertz CT molecular complexity index is 1140. The van der Waals surface area contributed by atoms with E-state index in [1.54, 1.807) is 24.3 Å². The topological polar surface area (TPSA) is 121 Å². The lowest BCUT2D eigenvalue weighted by molar-refractivity contribution is -0.133. The van der Waals surface area contributed by atoms with Crippen molar-refractivity contribution in [1.82, 2.24) is 4.57 Å². The summed E-state index contributed by atoms with van der Waals surface area (Å²) < 4.78 is 14.4. The van der Waals surface area contributed by atoms with Crippen molar-refractivity contribution in [3.05, 3.63) is 94.2 Å². The van der Waals surface area contributed by atoms with Crippen molar-refractivity contribution in [2.24, 2.45) is 0 Å². The lowest BCUT2D eigenvalue weighted by atomic mass is 10.1. The van der Waals surface area contributed by atoms with E-state index in [1.807, 2.05) is 0 Å². The number of aliphatic hydroxyl groups is 2. The fourth-order valence-electron chi connectivity index (χ4n) is 2.84. The Kier molecular flexibility index (Phi) is 6.91. The highest BCUT2D eigenvalue weighted by atomic mass is 19.1. The Labute approximate surface area is 176 Å². The minimum atomic E-state index is -1.12. The van der Waals surface area contributed by atoms with E-state index in [-0.39, 0.29) is 23.7 Å². The monoisotopic (exact) mass is 425 g/mol. The van der Waals surface area contributed by atoms with Crippen molar-refractivity contribution in [2.45, 2.75) is 12.6 Å². The molecule has 1 aromatic heterocycles. The van der Waals surface area contributed by atoms with Gasteiger partial charge in [-0.2, -0.15) is 0 Å². The molecule has 0 bridgehead atoms. The fraction of sp³-hybridized carbons (Fsp3) is 0.136. The summed E-state index contributed by atoms with van der Waals surface area (Å²) in [4.78, 5) is 37.1. The van der Waals surface area contributed by atoms with Gasteiger partial charge in [0.15, 0.2) is 0 Å². The van der Waals surface area contributed by atoms with Crippen LogP contribution in [0.5, 0.6) is 0 Å². The minimum absolute atomic E-state index is 0.0887. The van der Waals surface area contributed by atoms with Crippen LogP contribution >= 0.6 is 0 Å². The molecule has 160 valence electrons. The largest absolute Gasteiger partial charge is 0.393 e. The summed E-state index contributed by atoms with van der Waals surface area (Å²) in [5.74, 6) is -2.45. The third-order valence-electron chi connectivity index (χ3n) is 4.44.